The molecule has 1 unspecified atom stereocenters. The minimum atomic E-state index is -5.00. The molecule has 2 aromatic rings. The van der Waals surface area contributed by atoms with Crippen LogP contribution in [0.25, 0.3) is 0 Å². The van der Waals surface area contributed by atoms with Crippen molar-refractivity contribution in [1.82, 2.24) is 19.8 Å². The zero-order chi connectivity index (χ0) is 32.5. The van der Waals surface area contributed by atoms with Gasteiger partial charge in [-0.05, 0) is 58.5 Å². The summed E-state index contributed by atoms with van der Waals surface area (Å²) in [7, 11) is 3.99. The van der Waals surface area contributed by atoms with Crippen LogP contribution >= 0.6 is 0 Å². The Morgan fingerprint density at radius 2 is 2.02 bits per heavy atom. The van der Waals surface area contributed by atoms with Gasteiger partial charge >= 0.3 is 12.4 Å². The molecule has 0 bridgehead atoms. The number of anilines is 2. The van der Waals surface area contributed by atoms with Crippen molar-refractivity contribution in [3.05, 3.63) is 47.9 Å². The molecular formula is C31H37F4N7O3. The molecule has 0 spiro atoms. The number of benzene rings is 1. The van der Waals surface area contributed by atoms with E-state index in [1.165, 1.54) is 17.0 Å². The van der Waals surface area contributed by atoms with Crippen molar-refractivity contribution >= 4 is 17.4 Å². The van der Waals surface area contributed by atoms with Crippen molar-refractivity contribution in [1.29, 1.82) is 5.26 Å². The summed E-state index contributed by atoms with van der Waals surface area (Å²) in [6.45, 7) is 7.67. The number of halogens is 4. The highest BCUT2D eigenvalue weighted by molar-refractivity contribution is 5.87. The zero-order valence-corrected chi connectivity index (χ0v) is 25.6. The van der Waals surface area contributed by atoms with E-state index in [1.807, 2.05) is 19.0 Å². The summed E-state index contributed by atoms with van der Waals surface area (Å²) in [6.07, 6.45) is -1.37. The molecule has 0 N–H and O–H groups in total. The average molecular weight is 632 g/mol. The van der Waals surface area contributed by atoms with Crippen molar-refractivity contribution in [2.24, 2.45) is 5.41 Å². The second-order valence-electron chi connectivity index (χ2n) is 12.3. The van der Waals surface area contributed by atoms with E-state index < -0.39 is 30.0 Å². The van der Waals surface area contributed by atoms with Crippen molar-refractivity contribution in [3.8, 4) is 17.8 Å². The second-order valence-corrected chi connectivity index (χ2v) is 12.3. The van der Waals surface area contributed by atoms with Crippen LogP contribution in [0.2, 0.25) is 0 Å². The molecule has 45 heavy (non-hydrogen) atoms. The third kappa shape index (κ3) is 7.24. The van der Waals surface area contributed by atoms with E-state index >= 15 is 4.39 Å². The van der Waals surface area contributed by atoms with Crippen LogP contribution in [0.3, 0.4) is 0 Å². The summed E-state index contributed by atoms with van der Waals surface area (Å²) < 4.78 is 65.4. The van der Waals surface area contributed by atoms with Crippen LogP contribution in [0.4, 0.5) is 29.1 Å². The standard InChI is InChI=1S/C31H37F4N7O3/c1-5-26(43)41-14-13-40(16-21(41)9-12-36)28-22-15-20(2)42(27-23(32)7-6-8-25(27)45-31(33,34)35)17-24(22)37-29(38-28)44-19-30(10-11-30)18-39(3)4/h5-8,20-21H,1,9-11,13-19H2,2-4H3/t20-,21?/m0/s1. The second kappa shape index (κ2) is 12.7. The first kappa shape index (κ1) is 32.3. The van der Waals surface area contributed by atoms with E-state index in [2.05, 4.69) is 22.3 Å². The third-order valence-corrected chi connectivity index (χ3v) is 8.55. The third-order valence-electron chi connectivity index (χ3n) is 8.55. The number of alkyl halides is 3. The minimum absolute atomic E-state index is 0.0170. The van der Waals surface area contributed by atoms with Gasteiger partial charge in [-0.15, -0.1) is 13.2 Å². The van der Waals surface area contributed by atoms with Crippen molar-refractivity contribution < 1.29 is 31.8 Å². The molecular weight excluding hydrogens is 594 g/mol. The molecule has 1 aliphatic carbocycles. The number of piperazine rings is 1. The fraction of sp³-hybridized carbons (Fsp3) is 0.548. The Hall–Kier alpha value is -4.12. The van der Waals surface area contributed by atoms with E-state index in [0.29, 0.717) is 44.2 Å². The predicted octanol–water partition coefficient (Wildman–Crippen LogP) is 4.30. The minimum Gasteiger partial charge on any atom is -0.463 e. The molecule has 1 aromatic heterocycles. The number of hydrogen-bond acceptors (Lipinski definition) is 9. The first-order valence-corrected chi connectivity index (χ1v) is 14.9. The number of carbonyl (C=O) groups excluding carboxylic acids is 1. The first-order valence-electron chi connectivity index (χ1n) is 14.9. The molecule has 1 saturated carbocycles. The molecule has 1 aromatic carbocycles. The van der Waals surface area contributed by atoms with Gasteiger partial charge in [-0.1, -0.05) is 12.6 Å². The van der Waals surface area contributed by atoms with E-state index in [4.69, 9.17) is 14.7 Å². The average Bonchev–Trinajstić information content (AvgIpc) is 3.73. The highest BCUT2D eigenvalue weighted by Crippen LogP contribution is 2.46. The van der Waals surface area contributed by atoms with Gasteiger partial charge in [0, 0.05) is 43.2 Å². The highest BCUT2D eigenvalue weighted by atomic mass is 19.4. The molecule has 2 atom stereocenters. The highest BCUT2D eigenvalue weighted by Gasteiger charge is 2.44. The summed E-state index contributed by atoms with van der Waals surface area (Å²) in [6, 6.07) is 4.78. The van der Waals surface area contributed by atoms with E-state index in [-0.39, 0.29) is 36.0 Å². The van der Waals surface area contributed by atoms with Gasteiger partial charge in [-0.2, -0.15) is 15.2 Å². The van der Waals surface area contributed by atoms with Crippen LogP contribution in [0.1, 0.15) is 37.4 Å². The van der Waals surface area contributed by atoms with Crippen molar-refractivity contribution in [2.45, 2.75) is 57.6 Å². The first-order chi connectivity index (χ1) is 21.3. The van der Waals surface area contributed by atoms with Gasteiger partial charge in [0.15, 0.2) is 5.75 Å². The molecule has 10 nitrogen and oxygen atoms in total. The number of rotatable bonds is 10. The number of ether oxygens (including phenoxy) is 2. The SMILES string of the molecule is C=CC(=O)N1CCN(c2nc(OCC3(CN(C)C)CC3)nc3c2C[C@H](C)N(c2c(F)cccc2OC(F)(F)F)C3)CC1CC#N. The van der Waals surface area contributed by atoms with Crippen LogP contribution in [-0.2, 0) is 17.8 Å². The summed E-state index contributed by atoms with van der Waals surface area (Å²) in [5, 5.41) is 9.49. The molecule has 2 fully saturated rings. The fourth-order valence-corrected chi connectivity index (χ4v) is 6.31. The fourth-order valence-electron chi connectivity index (χ4n) is 6.31. The van der Waals surface area contributed by atoms with E-state index in [9.17, 15) is 23.2 Å². The number of aromatic nitrogens is 2. The monoisotopic (exact) mass is 631 g/mol. The van der Waals surface area contributed by atoms with Crippen molar-refractivity contribution in [2.75, 3.05) is 56.7 Å². The Balaban J connectivity index is 1.52. The lowest BCUT2D eigenvalue weighted by molar-refractivity contribution is -0.274. The van der Waals surface area contributed by atoms with Gasteiger partial charge in [0.1, 0.15) is 17.3 Å². The molecule has 1 amide bonds. The Bertz CT molecular complexity index is 1470. The lowest BCUT2D eigenvalue weighted by atomic mass is 9.97. The Labute approximate surface area is 259 Å². The maximum atomic E-state index is 15.2. The lowest BCUT2D eigenvalue weighted by Crippen LogP contribution is -2.55. The largest absolute Gasteiger partial charge is 0.573 e. The smallest absolute Gasteiger partial charge is 0.463 e. The molecule has 14 heteroatoms. The number of amides is 1. The van der Waals surface area contributed by atoms with Gasteiger partial charge < -0.3 is 29.1 Å². The molecule has 5 rings (SSSR count). The molecule has 1 saturated heterocycles. The molecule has 2 aliphatic heterocycles. The van der Waals surface area contributed by atoms with Crippen molar-refractivity contribution in [3.63, 3.8) is 0 Å². The molecule has 0 radical (unpaired) electrons. The molecule has 3 aliphatic rings. The topological polar surface area (TPSA) is 98.1 Å². The quantitative estimate of drug-likeness (QED) is 0.281. The maximum absolute atomic E-state index is 15.2. The molecule has 3 heterocycles. The number of hydrogen-bond donors (Lipinski definition) is 0. The van der Waals surface area contributed by atoms with Gasteiger partial charge in [-0.25, -0.2) is 4.39 Å². The zero-order valence-electron chi connectivity index (χ0n) is 25.6. The number of fused-ring (bicyclic) bond motifs is 1. The summed E-state index contributed by atoms with van der Waals surface area (Å²) in [4.78, 5) is 29.3. The van der Waals surface area contributed by atoms with Gasteiger partial charge in [0.2, 0.25) is 5.91 Å². The normalized spacial score (nSPS) is 20.8. The summed E-state index contributed by atoms with van der Waals surface area (Å²) in [5.74, 6) is -1.16. The van der Waals surface area contributed by atoms with Gasteiger partial charge in [-0.3, -0.25) is 4.79 Å². The van der Waals surface area contributed by atoms with Gasteiger partial charge in [0.25, 0.3) is 0 Å². The number of para-hydroxylation sites is 1. The van der Waals surface area contributed by atoms with Crippen LogP contribution in [0, 0.1) is 22.6 Å². The number of nitriles is 1. The predicted molar refractivity (Wildman–Crippen MR) is 158 cm³/mol. The van der Waals surface area contributed by atoms with Crippen LogP contribution in [0.5, 0.6) is 11.8 Å². The number of nitrogens with zero attached hydrogens (tertiary/aromatic N) is 7. The lowest BCUT2D eigenvalue weighted by Gasteiger charge is -2.43. The van der Waals surface area contributed by atoms with Gasteiger partial charge in [0.05, 0.1) is 37.4 Å². The van der Waals surface area contributed by atoms with Crippen LogP contribution < -0.4 is 19.3 Å². The van der Waals surface area contributed by atoms with E-state index in [1.54, 1.807) is 11.8 Å². The van der Waals surface area contributed by atoms with Crippen LogP contribution in [-0.4, -0.2) is 91.0 Å². The van der Waals surface area contributed by atoms with Crippen LogP contribution in [0.15, 0.2) is 30.9 Å². The summed E-state index contributed by atoms with van der Waals surface area (Å²) in [5.41, 5.74) is 0.932. The Kier molecular flexibility index (Phi) is 9.11. The Morgan fingerprint density at radius 1 is 1.27 bits per heavy atom. The molecule has 242 valence electrons. The number of carbonyl (C=O) groups is 1. The Morgan fingerprint density at radius 3 is 2.67 bits per heavy atom. The van der Waals surface area contributed by atoms with E-state index in [0.717, 1.165) is 37.1 Å². The summed E-state index contributed by atoms with van der Waals surface area (Å²) >= 11 is 0. The maximum Gasteiger partial charge on any atom is 0.573 e.